The first-order valence-electron chi connectivity index (χ1n) is 6.17. The van der Waals surface area contributed by atoms with Crippen LogP contribution in [0.15, 0.2) is 48.7 Å². The van der Waals surface area contributed by atoms with E-state index in [0.717, 1.165) is 16.6 Å². The van der Waals surface area contributed by atoms with Crippen LogP contribution in [0.4, 0.5) is 0 Å². The molecule has 0 saturated heterocycles. The normalized spacial score (nSPS) is 10.7. The van der Waals surface area contributed by atoms with E-state index in [9.17, 15) is 4.79 Å². The van der Waals surface area contributed by atoms with E-state index in [2.05, 4.69) is 9.97 Å². The molecule has 0 N–H and O–H groups in total. The summed E-state index contributed by atoms with van der Waals surface area (Å²) in [6.45, 7) is 1.94. The highest BCUT2D eigenvalue weighted by molar-refractivity contribution is 6.30. The maximum Gasteiger partial charge on any atom is 0.193 e. The molecule has 3 rings (SSSR count). The van der Waals surface area contributed by atoms with Gasteiger partial charge in [-0.15, -0.1) is 0 Å². The van der Waals surface area contributed by atoms with Gasteiger partial charge in [-0.05, 0) is 43.3 Å². The van der Waals surface area contributed by atoms with Crippen molar-refractivity contribution in [2.45, 2.75) is 6.92 Å². The van der Waals surface area contributed by atoms with E-state index in [0.29, 0.717) is 16.3 Å². The molecule has 1 aromatic carbocycles. The number of fused-ring (bicyclic) bond motifs is 1. The Kier molecular flexibility index (Phi) is 3.20. The molecule has 0 spiro atoms. The third-order valence-corrected chi connectivity index (χ3v) is 3.29. The van der Waals surface area contributed by atoms with E-state index in [1.807, 2.05) is 31.2 Å². The van der Waals surface area contributed by atoms with Crippen molar-refractivity contribution in [3.63, 3.8) is 0 Å². The minimum atomic E-state index is -0.0724. The molecule has 20 heavy (non-hydrogen) atoms. The van der Waals surface area contributed by atoms with Gasteiger partial charge in [-0.25, -0.2) is 4.98 Å². The van der Waals surface area contributed by atoms with E-state index in [1.54, 1.807) is 18.2 Å². The summed E-state index contributed by atoms with van der Waals surface area (Å²) >= 11 is 5.82. The van der Waals surface area contributed by atoms with Crippen LogP contribution >= 0.6 is 11.6 Å². The Morgan fingerprint density at radius 2 is 1.85 bits per heavy atom. The predicted molar refractivity (Wildman–Crippen MR) is 79.2 cm³/mol. The lowest BCUT2D eigenvalue weighted by atomic mass is 10.0. The summed E-state index contributed by atoms with van der Waals surface area (Å²) in [4.78, 5) is 20.7. The third kappa shape index (κ3) is 2.40. The van der Waals surface area contributed by atoms with Gasteiger partial charge in [0.1, 0.15) is 5.15 Å². The summed E-state index contributed by atoms with van der Waals surface area (Å²) in [6, 6.07) is 12.6. The standard InChI is InChI=1S/C16H11ClN2O/c1-10-2-3-11-8-12(4-5-14(11)19-10)16(20)13-6-7-18-15(17)9-13/h2-9H,1H3. The lowest BCUT2D eigenvalue weighted by Gasteiger charge is -2.04. The van der Waals surface area contributed by atoms with E-state index in [-0.39, 0.29) is 5.78 Å². The van der Waals surface area contributed by atoms with Crippen LogP contribution < -0.4 is 0 Å². The van der Waals surface area contributed by atoms with Gasteiger partial charge in [0.2, 0.25) is 0 Å². The van der Waals surface area contributed by atoms with Gasteiger partial charge in [-0.1, -0.05) is 17.7 Å². The molecular weight excluding hydrogens is 272 g/mol. The van der Waals surface area contributed by atoms with Crippen molar-refractivity contribution in [3.8, 4) is 0 Å². The van der Waals surface area contributed by atoms with Crippen molar-refractivity contribution in [1.29, 1.82) is 0 Å². The quantitative estimate of drug-likeness (QED) is 0.530. The zero-order chi connectivity index (χ0) is 14.1. The Bertz CT molecular complexity index is 814. The molecule has 2 heterocycles. The maximum atomic E-state index is 12.4. The molecule has 2 aromatic heterocycles. The average Bonchev–Trinajstić information content (AvgIpc) is 2.46. The Labute approximate surface area is 121 Å². The number of benzene rings is 1. The van der Waals surface area contributed by atoms with Gasteiger partial charge in [0.15, 0.2) is 5.78 Å². The highest BCUT2D eigenvalue weighted by atomic mass is 35.5. The van der Waals surface area contributed by atoms with Crippen LogP contribution in [0.5, 0.6) is 0 Å². The van der Waals surface area contributed by atoms with Gasteiger partial charge in [-0.2, -0.15) is 0 Å². The summed E-state index contributed by atoms with van der Waals surface area (Å²) in [7, 11) is 0. The van der Waals surface area contributed by atoms with Crippen LogP contribution in [0.2, 0.25) is 5.15 Å². The number of carbonyl (C=O) groups excluding carboxylic acids is 1. The van der Waals surface area contributed by atoms with Gasteiger partial charge < -0.3 is 0 Å². The number of aromatic nitrogens is 2. The molecule has 3 nitrogen and oxygen atoms in total. The molecule has 0 aliphatic rings. The van der Waals surface area contributed by atoms with Crippen molar-refractivity contribution in [2.75, 3.05) is 0 Å². The van der Waals surface area contributed by atoms with Crippen LogP contribution in [0, 0.1) is 6.92 Å². The number of pyridine rings is 2. The smallest absolute Gasteiger partial charge is 0.193 e. The molecule has 0 aliphatic carbocycles. The van der Waals surface area contributed by atoms with E-state index < -0.39 is 0 Å². The van der Waals surface area contributed by atoms with Crippen LogP contribution in [-0.2, 0) is 0 Å². The Morgan fingerprint density at radius 3 is 2.65 bits per heavy atom. The summed E-state index contributed by atoms with van der Waals surface area (Å²) < 4.78 is 0. The van der Waals surface area contributed by atoms with Gasteiger partial charge in [0, 0.05) is 28.4 Å². The third-order valence-electron chi connectivity index (χ3n) is 3.08. The minimum absolute atomic E-state index is 0.0724. The van der Waals surface area contributed by atoms with Crippen molar-refractivity contribution in [1.82, 2.24) is 9.97 Å². The number of halogens is 1. The highest BCUT2D eigenvalue weighted by Crippen LogP contribution is 2.18. The maximum absolute atomic E-state index is 12.4. The summed E-state index contributed by atoms with van der Waals surface area (Å²) in [5, 5.41) is 1.26. The van der Waals surface area contributed by atoms with Crippen molar-refractivity contribution >= 4 is 28.3 Å². The van der Waals surface area contributed by atoms with Gasteiger partial charge in [0.05, 0.1) is 5.52 Å². The lowest BCUT2D eigenvalue weighted by Crippen LogP contribution is -2.01. The van der Waals surface area contributed by atoms with Crippen LogP contribution in [0.1, 0.15) is 21.6 Å². The Hall–Kier alpha value is -2.26. The average molecular weight is 283 g/mol. The number of aryl methyl sites for hydroxylation is 1. The van der Waals surface area contributed by atoms with Gasteiger partial charge in [0.25, 0.3) is 0 Å². The van der Waals surface area contributed by atoms with Crippen LogP contribution in [0.3, 0.4) is 0 Å². The fourth-order valence-corrected chi connectivity index (χ4v) is 2.25. The second-order valence-electron chi connectivity index (χ2n) is 4.56. The van der Waals surface area contributed by atoms with E-state index >= 15 is 0 Å². The number of hydrogen-bond donors (Lipinski definition) is 0. The molecular formula is C16H11ClN2O. The molecule has 0 amide bonds. The molecule has 0 bridgehead atoms. The number of ketones is 1. The Balaban J connectivity index is 2.06. The van der Waals surface area contributed by atoms with Gasteiger partial charge in [-0.3, -0.25) is 9.78 Å². The van der Waals surface area contributed by atoms with Crippen LogP contribution in [0.25, 0.3) is 10.9 Å². The van der Waals surface area contributed by atoms with Crippen LogP contribution in [-0.4, -0.2) is 15.8 Å². The fraction of sp³-hybridized carbons (Fsp3) is 0.0625. The monoisotopic (exact) mass is 282 g/mol. The number of carbonyl (C=O) groups is 1. The summed E-state index contributed by atoms with van der Waals surface area (Å²) in [5.41, 5.74) is 2.99. The zero-order valence-corrected chi connectivity index (χ0v) is 11.6. The fourth-order valence-electron chi connectivity index (χ4n) is 2.08. The van der Waals surface area contributed by atoms with Crippen molar-refractivity contribution < 1.29 is 4.79 Å². The molecule has 0 atom stereocenters. The first-order valence-corrected chi connectivity index (χ1v) is 6.55. The van der Waals surface area contributed by atoms with Gasteiger partial charge >= 0.3 is 0 Å². The predicted octanol–water partition coefficient (Wildman–Crippen LogP) is 3.82. The highest BCUT2D eigenvalue weighted by Gasteiger charge is 2.10. The van der Waals surface area contributed by atoms with E-state index in [1.165, 1.54) is 6.20 Å². The van der Waals surface area contributed by atoms with E-state index in [4.69, 9.17) is 11.6 Å². The largest absolute Gasteiger partial charge is 0.289 e. The first-order chi connectivity index (χ1) is 9.63. The topological polar surface area (TPSA) is 42.9 Å². The first kappa shape index (κ1) is 12.8. The molecule has 0 radical (unpaired) electrons. The Morgan fingerprint density at radius 1 is 1.05 bits per heavy atom. The summed E-state index contributed by atoms with van der Waals surface area (Å²) in [5.74, 6) is -0.0724. The van der Waals surface area contributed by atoms with Crippen molar-refractivity contribution in [3.05, 3.63) is 70.6 Å². The molecule has 4 heteroatoms. The lowest BCUT2D eigenvalue weighted by molar-refractivity contribution is 0.103. The number of nitrogens with zero attached hydrogens (tertiary/aromatic N) is 2. The second-order valence-corrected chi connectivity index (χ2v) is 4.94. The molecule has 0 saturated carbocycles. The number of rotatable bonds is 2. The molecule has 0 fully saturated rings. The molecule has 0 aliphatic heterocycles. The molecule has 98 valence electrons. The number of hydrogen-bond acceptors (Lipinski definition) is 3. The molecule has 0 unspecified atom stereocenters. The molecule has 3 aromatic rings. The zero-order valence-electron chi connectivity index (χ0n) is 10.8. The second kappa shape index (κ2) is 5.02. The minimum Gasteiger partial charge on any atom is -0.289 e. The summed E-state index contributed by atoms with van der Waals surface area (Å²) in [6.07, 6.45) is 1.53. The van der Waals surface area contributed by atoms with Crippen molar-refractivity contribution in [2.24, 2.45) is 0 Å². The SMILES string of the molecule is Cc1ccc2cc(C(=O)c3ccnc(Cl)c3)ccc2n1.